The van der Waals surface area contributed by atoms with Crippen LogP contribution in [0.3, 0.4) is 0 Å². The van der Waals surface area contributed by atoms with Gasteiger partial charge in [0.05, 0.1) is 0 Å². The van der Waals surface area contributed by atoms with E-state index >= 15 is 0 Å². The second-order valence-electron chi connectivity index (χ2n) is 4.82. The van der Waals surface area contributed by atoms with Gasteiger partial charge in [0.2, 0.25) is 5.91 Å². The minimum absolute atomic E-state index is 0.169. The van der Waals surface area contributed by atoms with Crippen molar-refractivity contribution in [3.8, 4) is 0 Å². The molecule has 0 atom stereocenters. The average Bonchev–Trinajstić information content (AvgIpc) is 2.16. The first-order valence-electron chi connectivity index (χ1n) is 5.84. The van der Waals surface area contributed by atoms with E-state index in [-0.39, 0.29) is 5.54 Å². The zero-order valence-corrected chi connectivity index (χ0v) is 9.75. The Morgan fingerprint density at radius 1 is 1.27 bits per heavy atom. The largest absolute Gasteiger partial charge is 0.339 e. The highest BCUT2D eigenvalue weighted by Gasteiger charge is 2.48. The number of carbonyl (C=O) groups is 1. The second kappa shape index (κ2) is 4.10. The van der Waals surface area contributed by atoms with Crippen LogP contribution in [0.15, 0.2) is 0 Å². The van der Waals surface area contributed by atoms with Crippen LogP contribution in [0.2, 0.25) is 0 Å². The summed E-state index contributed by atoms with van der Waals surface area (Å²) in [5.74, 6) is 0.347. The summed E-state index contributed by atoms with van der Waals surface area (Å²) in [4.78, 5) is 16.5. The van der Waals surface area contributed by atoms with Gasteiger partial charge in [0.15, 0.2) is 0 Å². The molecule has 0 aromatic heterocycles. The molecule has 1 saturated heterocycles. The molecule has 2 aliphatic rings. The van der Waals surface area contributed by atoms with Gasteiger partial charge in [-0.25, -0.2) is 0 Å². The minimum atomic E-state index is -0.169. The van der Waals surface area contributed by atoms with Crippen molar-refractivity contribution in [1.29, 1.82) is 0 Å². The van der Waals surface area contributed by atoms with Crippen molar-refractivity contribution in [2.75, 3.05) is 40.3 Å². The molecule has 0 aromatic rings. The maximum absolute atomic E-state index is 12.4. The van der Waals surface area contributed by atoms with E-state index in [9.17, 15) is 4.79 Å². The summed E-state index contributed by atoms with van der Waals surface area (Å²) in [6.45, 7) is 3.62. The fourth-order valence-corrected chi connectivity index (χ4v) is 2.53. The maximum atomic E-state index is 12.4. The van der Waals surface area contributed by atoms with Gasteiger partial charge in [-0.1, -0.05) is 0 Å². The monoisotopic (exact) mass is 211 g/mol. The van der Waals surface area contributed by atoms with E-state index in [0.29, 0.717) is 5.91 Å². The molecule has 1 aliphatic carbocycles. The fourth-order valence-electron chi connectivity index (χ4n) is 2.53. The number of amides is 1. The predicted molar refractivity (Wildman–Crippen MR) is 59.7 cm³/mol. The van der Waals surface area contributed by atoms with Gasteiger partial charge in [-0.05, 0) is 33.4 Å². The van der Waals surface area contributed by atoms with Crippen LogP contribution >= 0.6 is 0 Å². The lowest BCUT2D eigenvalue weighted by molar-refractivity contribution is -0.149. The van der Waals surface area contributed by atoms with Gasteiger partial charge in [-0.2, -0.15) is 0 Å². The molecule has 2 fully saturated rings. The van der Waals surface area contributed by atoms with Crippen LogP contribution in [-0.2, 0) is 4.79 Å². The molecule has 1 heterocycles. The lowest BCUT2D eigenvalue weighted by atomic mass is 9.74. The van der Waals surface area contributed by atoms with Gasteiger partial charge in [0.1, 0.15) is 5.54 Å². The van der Waals surface area contributed by atoms with E-state index in [1.807, 2.05) is 19.0 Å². The lowest BCUT2D eigenvalue weighted by Gasteiger charge is -2.48. The third kappa shape index (κ3) is 1.76. The maximum Gasteiger partial charge on any atom is 0.243 e. The minimum Gasteiger partial charge on any atom is -0.339 e. The van der Waals surface area contributed by atoms with Crippen molar-refractivity contribution in [3.63, 3.8) is 0 Å². The summed E-state index contributed by atoms with van der Waals surface area (Å²) in [7, 11) is 4.05. The Balaban J connectivity index is 2.04. The van der Waals surface area contributed by atoms with Gasteiger partial charge < -0.3 is 10.2 Å². The van der Waals surface area contributed by atoms with E-state index in [0.717, 1.165) is 39.0 Å². The summed E-state index contributed by atoms with van der Waals surface area (Å²) in [5.41, 5.74) is -0.169. The molecule has 0 aromatic carbocycles. The molecule has 1 N–H and O–H groups in total. The highest BCUT2D eigenvalue weighted by molar-refractivity contribution is 5.87. The van der Waals surface area contributed by atoms with E-state index in [4.69, 9.17) is 0 Å². The van der Waals surface area contributed by atoms with E-state index in [1.165, 1.54) is 6.42 Å². The molecule has 1 amide bonds. The average molecular weight is 211 g/mol. The fraction of sp³-hybridized carbons (Fsp3) is 0.909. The van der Waals surface area contributed by atoms with Crippen molar-refractivity contribution < 1.29 is 4.79 Å². The molecule has 0 spiro atoms. The molecular weight excluding hydrogens is 190 g/mol. The van der Waals surface area contributed by atoms with Crippen molar-refractivity contribution in [2.24, 2.45) is 0 Å². The number of likely N-dealkylation sites (N-methyl/N-ethyl adjacent to an activating group) is 1. The molecule has 1 aliphatic heterocycles. The van der Waals surface area contributed by atoms with Crippen LogP contribution in [0.25, 0.3) is 0 Å². The Kier molecular flexibility index (Phi) is 2.98. The number of hydrogen-bond acceptors (Lipinski definition) is 3. The Morgan fingerprint density at radius 2 is 1.87 bits per heavy atom. The van der Waals surface area contributed by atoms with Crippen LogP contribution in [0, 0.1) is 0 Å². The molecule has 1 saturated carbocycles. The molecule has 15 heavy (non-hydrogen) atoms. The Labute approximate surface area is 91.6 Å². The van der Waals surface area contributed by atoms with Crippen molar-refractivity contribution >= 4 is 5.91 Å². The molecule has 0 radical (unpaired) electrons. The lowest BCUT2D eigenvalue weighted by Crippen LogP contribution is -2.63. The molecule has 0 bridgehead atoms. The SMILES string of the molecule is CN(C)C1(C(=O)N2CCNCC2)CCC1. The molecule has 2 rings (SSSR count). The van der Waals surface area contributed by atoms with Crippen molar-refractivity contribution in [3.05, 3.63) is 0 Å². The van der Waals surface area contributed by atoms with E-state index < -0.39 is 0 Å². The Hall–Kier alpha value is -0.610. The molecular formula is C11H21N3O. The first kappa shape index (κ1) is 10.9. The van der Waals surface area contributed by atoms with Gasteiger partial charge in [0, 0.05) is 26.2 Å². The van der Waals surface area contributed by atoms with E-state index in [2.05, 4.69) is 10.2 Å². The van der Waals surface area contributed by atoms with Gasteiger partial charge in [-0.15, -0.1) is 0 Å². The summed E-state index contributed by atoms with van der Waals surface area (Å²) in [6.07, 6.45) is 3.25. The summed E-state index contributed by atoms with van der Waals surface area (Å²) >= 11 is 0. The van der Waals surface area contributed by atoms with Gasteiger partial charge in [0.25, 0.3) is 0 Å². The number of hydrogen-bond donors (Lipinski definition) is 1. The summed E-state index contributed by atoms with van der Waals surface area (Å²) < 4.78 is 0. The quantitative estimate of drug-likeness (QED) is 0.693. The van der Waals surface area contributed by atoms with Crippen LogP contribution in [0.5, 0.6) is 0 Å². The standard InChI is InChI=1S/C11H21N3O/c1-13(2)11(4-3-5-11)10(15)14-8-6-12-7-9-14/h12H,3-9H2,1-2H3. The molecule has 4 heteroatoms. The van der Waals surface area contributed by atoms with Crippen LogP contribution in [0.4, 0.5) is 0 Å². The molecule has 4 nitrogen and oxygen atoms in total. The Morgan fingerprint density at radius 3 is 2.27 bits per heavy atom. The third-order valence-electron chi connectivity index (χ3n) is 3.84. The number of piperazine rings is 1. The smallest absolute Gasteiger partial charge is 0.243 e. The number of carbonyl (C=O) groups excluding carboxylic acids is 1. The second-order valence-corrected chi connectivity index (χ2v) is 4.82. The highest BCUT2D eigenvalue weighted by atomic mass is 16.2. The van der Waals surface area contributed by atoms with Gasteiger partial charge >= 0.3 is 0 Å². The summed E-state index contributed by atoms with van der Waals surface area (Å²) in [6, 6.07) is 0. The van der Waals surface area contributed by atoms with Crippen LogP contribution in [-0.4, -0.2) is 61.5 Å². The number of nitrogens with one attached hydrogen (secondary N) is 1. The van der Waals surface area contributed by atoms with E-state index in [1.54, 1.807) is 0 Å². The zero-order chi connectivity index (χ0) is 10.9. The zero-order valence-electron chi connectivity index (χ0n) is 9.75. The number of nitrogens with zero attached hydrogens (tertiary/aromatic N) is 2. The predicted octanol–water partition coefficient (Wildman–Crippen LogP) is -0.0975. The first-order valence-corrected chi connectivity index (χ1v) is 5.84. The topological polar surface area (TPSA) is 35.6 Å². The Bertz CT molecular complexity index is 242. The van der Waals surface area contributed by atoms with Crippen molar-refractivity contribution in [1.82, 2.24) is 15.1 Å². The first-order chi connectivity index (χ1) is 7.17. The van der Waals surface area contributed by atoms with Crippen LogP contribution < -0.4 is 5.32 Å². The third-order valence-corrected chi connectivity index (χ3v) is 3.84. The normalized spacial score (nSPS) is 25.1. The highest BCUT2D eigenvalue weighted by Crippen LogP contribution is 2.37. The van der Waals surface area contributed by atoms with Crippen LogP contribution in [0.1, 0.15) is 19.3 Å². The number of rotatable bonds is 2. The molecule has 0 unspecified atom stereocenters. The summed E-state index contributed by atoms with van der Waals surface area (Å²) in [5, 5.41) is 3.28. The van der Waals surface area contributed by atoms with Gasteiger partial charge in [-0.3, -0.25) is 9.69 Å². The van der Waals surface area contributed by atoms with Crippen molar-refractivity contribution in [2.45, 2.75) is 24.8 Å². The molecule has 86 valence electrons.